The standard InChI is InChI=1S/C13H12N2/c1-9-10(2)15-8-14-7-13(15)12-6-4-3-5-11(9)12/h3-8H,1-2H3. The summed E-state index contributed by atoms with van der Waals surface area (Å²) < 4.78 is 2.15. The van der Waals surface area contributed by atoms with E-state index in [1.54, 1.807) is 0 Å². The summed E-state index contributed by atoms with van der Waals surface area (Å²) in [4.78, 5) is 4.22. The van der Waals surface area contributed by atoms with Crippen molar-refractivity contribution in [2.24, 2.45) is 0 Å². The second kappa shape index (κ2) is 2.83. The van der Waals surface area contributed by atoms with Crippen LogP contribution in [0.15, 0.2) is 36.8 Å². The zero-order valence-electron chi connectivity index (χ0n) is 8.86. The maximum Gasteiger partial charge on any atom is 0.0994 e. The third kappa shape index (κ3) is 1.02. The average molecular weight is 196 g/mol. The van der Waals surface area contributed by atoms with Gasteiger partial charge in [-0.1, -0.05) is 24.3 Å². The van der Waals surface area contributed by atoms with E-state index in [-0.39, 0.29) is 0 Å². The predicted octanol–water partition coefficient (Wildman–Crippen LogP) is 3.10. The van der Waals surface area contributed by atoms with Crippen molar-refractivity contribution >= 4 is 16.3 Å². The minimum atomic E-state index is 1.19. The quantitative estimate of drug-likeness (QED) is 0.540. The second-order valence-electron chi connectivity index (χ2n) is 3.90. The maximum absolute atomic E-state index is 4.22. The Morgan fingerprint density at radius 3 is 2.60 bits per heavy atom. The molecule has 3 rings (SSSR count). The summed E-state index contributed by atoms with van der Waals surface area (Å²) in [7, 11) is 0. The predicted molar refractivity (Wildman–Crippen MR) is 62.2 cm³/mol. The SMILES string of the molecule is Cc1c(C)n2cncc2c2ccccc12. The molecule has 0 aliphatic carbocycles. The van der Waals surface area contributed by atoms with Gasteiger partial charge < -0.3 is 4.40 Å². The molecule has 0 bridgehead atoms. The molecule has 0 aliphatic rings. The van der Waals surface area contributed by atoms with Gasteiger partial charge in [0.25, 0.3) is 0 Å². The van der Waals surface area contributed by atoms with Gasteiger partial charge in [-0.25, -0.2) is 4.98 Å². The highest BCUT2D eigenvalue weighted by Crippen LogP contribution is 2.25. The fraction of sp³-hybridized carbons (Fsp3) is 0.154. The van der Waals surface area contributed by atoms with E-state index < -0.39 is 0 Å². The van der Waals surface area contributed by atoms with Gasteiger partial charge in [0.05, 0.1) is 18.0 Å². The van der Waals surface area contributed by atoms with Gasteiger partial charge in [-0.15, -0.1) is 0 Å². The molecule has 15 heavy (non-hydrogen) atoms. The van der Waals surface area contributed by atoms with Crippen molar-refractivity contribution in [2.75, 3.05) is 0 Å². The zero-order valence-corrected chi connectivity index (χ0v) is 8.86. The van der Waals surface area contributed by atoms with E-state index in [4.69, 9.17) is 0 Å². The van der Waals surface area contributed by atoms with Crippen molar-refractivity contribution in [1.82, 2.24) is 9.38 Å². The molecule has 0 spiro atoms. The number of aryl methyl sites for hydroxylation is 2. The Morgan fingerprint density at radius 2 is 1.80 bits per heavy atom. The van der Waals surface area contributed by atoms with E-state index in [2.05, 4.69) is 47.5 Å². The normalized spacial score (nSPS) is 11.3. The van der Waals surface area contributed by atoms with Gasteiger partial charge in [0.1, 0.15) is 0 Å². The molecule has 0 saturated heterocycles. The van der Waals surface area contributed by atoms with E-state index >= 15 is 0 Å². The minimum Gasteiger partial charge on any atom is -0.303 e. The lowest BCUT2D eigenvalue weighted by atomic mass is 10.0. The smallest absolute Gasteiger partial charge is 0.0994 e. The molecule has 0 N–H and O–H groups in total. The Bertz CT molecular complexity index is 650. The summed E-state index contributed by atoms with van der Waals surface area (Å²) in [6.45, 7) is 4.30. The van der Waals surface area contributed by atoms with Crippen LogP contribution in [0.3, 0.4) is 0 Å². The summed E-state index contributed by atoms with van der Waals surface area (Å²) in [6, 6.07) is 8.48. The molecule has 0 atom stereocenters. The van der Waals surface area contributed by atoms with Gasteiger partial charge in [-0.05, 0) is 24.8 Å². The lowest BCUT2D eigenvalue weighted by Crippen LogP contribution is -1.94. The number of benzene rings is 1. The van der Waals surface area contributed by atoms with Crippen molar-refractivity contribution in [3.8, 4) is 0 Å². The Balaban J connectivity index is 2.70. The van der Waals surface area contributed by atoms with Crippen molar-refractivity contribution in [3.05, 3.63) is 48.0 Å². The van der Waals surface area contributed by atoms with Crippen LogP contribution in [-0.4, -0.2) is 9.38 Å². The van der Waals surface area contributed by atoms with E-state index in [9.17, 15) is 0 Å². The Labute approximate surface area is 88.2 Å². The Hall–Kier alpha value is -1.83. The summed E-state index contributed by atoms with van der Waals surface area (Å²) in [5.74, 6) is 0. The van der Waals surface area contributed by atoms with Crippen LogP contribution in [0.25, 0.3) is 16.3 Å². The second-order valence-corrected chi connectivity index (χ2v) is 3.90. The molecule has 0 saturated carbocycles. The van der Waals surface area contributed by atoms with E-state index in [0.717, 1.165) is 0 Å². The molecular weight excluding hydrogens is 184 g/mol. The number of hydrogen-bond donors (Lipinski definition) is 0. The van der Waals surface area contributed by atoms with Gasteiger partial charge in [-0.2, -0.15) is 0 Å². The summed E-state index contributed by atoms with van der Waals surface area (Å²) in [6.07, 6.45) is 3.80. The van der Waals surface area contributed by atoms with Crippen LogP contribution in [-0.2, 0) is 0 Å². The first-order valence-corrected chi connectivity index (χ1v) is 5.09. The first-order chi connectivity index (χ1) is 7.29. The Morgan fingerprint density at radius 1 is 1.07 bits per heavy atom. The topological polar surface area (TPSA) is 17.3 Å². The number of imidazole rings is 1. The largest absolute Gasteiger partial charge is 0.303 e. The van der Waals surface area contributed by atoms with Crippen molar-refractivity contribution < 1.29 is 0 Å². The van der Waals surface area contributed by atoms with Gasteiger partial charge in [0.2, 0.25) is 0 Å². The van der Waals surface area contributed by atoms with Crippen LogP contribution in [0.1, 0.15) is 11.3 Å². The molecule has 0 radical (unpaired) electrons. The molecule has 1 aromatic carbocycles. The van der Waals surface area contributed by atoms with Crippen molar-refractivity contribution in [2.45, 2.75) is 13.8 Å². The van der Waals surface area contributed by atoms with E-state index in [1.807, 2.05) is 12.5 Å². The first-order valence-electron chi connectivity index (χ1n) is 5.09. The number of nitrogens with zero attached hydrogens (tertiary/aromatic N) is 2. The number of aromatic nitrogens is 2. The molecule has 0 aliphatic heterocycles. The Kier molecular flexibility index (Phi) is 1.60. The highest BCUT2D eigenvalue weighted by molar-refractivity contribution is 5.98. The molecule has 2 aromatic heterocycles. The molecule has 2 heterocycles. The van der Waals surface area contributed by atoms with Crippen LogP contribution >= 0.6 is 0 Å². The van der Waals surface area contributed by atoms with Crippen LogP contribution in [0.4, 0.5) is 0 Å². The van der Waals surface area contributed by atoms with Gasteiger partial charge in [0, 0.05) is 11.1 Å². The molecule has 74 valence electrons. The van der Waals surface area contributed by atoms with Gasteiger partial charge in [0.15, 0.2) is 0 Å². The number of fused-ring (bicyclic) bond motifs is 3. The van der Waals surface area contributed by atoms with Crippen LogP contribution in [0.2, 0.25) is 0 Å². The molecule has 2 nitrogen and oxygen atoms in total. The molecule has 3 aromatic rings. The maximum atomic E-state index is 4.22. The molecule has 0 amide bonds. The summed E-state index contributed by atoms with van der Waals surface area (Å²) in [5.41, 5.74) is 3.78. The number of rotatable bonds is 0. The number of hydrogen-bond acceptors (Lipinski definition) is 1. The molecule has 2 heteroatoms. The van der Waals surface area contributed by atoms with E-state index in [0.29, 0.717) is 0 Å². The van der Waals surface area contributed by atoms with Crippen LogP contribution in [0, 0.1) is 13.8 Å². The summed E-state index contributed by atoms with van der Waals surface area (Å²) >= 11 is 0. The van der Waals surface area contributed by atoms with Crippen LogP contribution in [0.5, 0.6) is 0 Å². The minimum absolute atomic E-state index is 1.19. The summed E-state index contributed by atoms with van der Waals surface area (Å²) in [5, 5.41) is 2.60. The highest BCUT2D eigenvalue weighted by atomic mass is 15.0. The monoisotopic (exact) mass is 196 g/mol. The number of pyridine rings is 1. The fourth-order valence-corrected chi connectivity index (χ4v) is 2.17. The zero-order chi connectivity index (χ0) is 10.4. The lowest BCUT2D eigenvalue weighted by molar-refractivity contribution is 1.06. The fourth-order valence-electron chi connectivity index (χ4n) is 2.17. The highest BCUT2D eigenvalue weighted by Gasteiger charge is 2.07. The van der Waals surface area contributed by atoms with Gasteiger partial charge in [-0.3, -0.25) is 0 Å². The van der Waals surface area contributed by atoms with E-state index in [1.165, 1.54) is 27.5 Å². The lowest BCUT2D eigenvalue weighted by Gasteiger charge is -2.09. The van der Waals surface area contributed by atoms with Crippen LogP contribution < -0.4 is 0 Å². The first kappa shape index (κ1) is 8.48. The molecule has 0 unspecified atom stereocenters. The van der Waals surface area contributed by atoms with Crippen molar-refractivity contribution in [3.63, 3.8) is 0 Å². The average Bonchev–Trinajstić information content (AvgIpc) is 2.75. The van der Waals surface area contributed by atoms with Crippen molar-refractivity contribution in [1.29, 1.82) is 0 Å². The molecule has 0 fully saturated rings. The third-order valence-corrected chi connectivity index (χ3v) is 3.15. The third-order valence-electron chi connectivity index (χ3n) is 3.15. The molecular formula is C13H12N2. The van der Waals surface area contributed by atoms with Gasteiger partial charge >= 0.3 is 0 Å².